The van der Waals surface area contributed by atoms with Crippen LogP contribution >= 0.6 is 23.5 Å². The maximum absolute atomic E-state index is 13.1. The summed E-state index contributed by atoms with van der Waals surface area (Å²) in [6, 6.07) is 8.83. The Morgan fingerprint density at radius 2 is 2.00 bits per heavy atom. The SMILES string of the molecule is C[C@@H]1CCN(C(=O)CSc2nnc(C3CC3)n2C2CC2)c2ccccc2S1. The summed E-state index contributed by atoms with van der Waals surface area (Å²) in [4.78, 5) is 16.3. The monoisotopic (exact) mass is 400 g/mol. The topological polar surface area (TPSA) is 51.0 Å². The van der Waals surface area contributed by atoms with E-state index in [-0.39, 0.29) is 5.91 Å². The van der Waals surface area contributed by atoms with Gasteiger partial charge in [0, 0.05) is 28.6 Å². The summed E-state index contributed by atoms with van der Waals surface area (Å²) in [5, 5.41) is 10.3. The first-order valence-corrected chi connectivity index (χ1v) is 11.7. The van der Waals surface area contributed by atoms with E-state index in [9.17, 15) is 4.79 Å². The van der Waals surface area contributed by atoms with E-state index in [2.05, 4.69) is 39.9 Å². The minimum absolute atomic E-state index is 0.167. The second kappa shape index (κ2) is 7.17. The standard InChI is InChI=1S/C20H24N4OS2/c1-13-10-11-23(16-4-2-3-5-17(16)27-13)18(25)12-26-20-22-21-19(14-6-7-14)24(20)15-8-9-15/h2-5,13-15H,6-12H2,1H3/t13-/m1/s1. The number of benzene rings is 1. The zero-order valence-corrected chi connectivity index (χ0v) is 17.1. The normalized spacial score (nSPS) is 22.4. The molecule has 2 fully saturated rings. The maximum Gasteiger partial charge on any atom is 0.237 e. The largest absolute Gasteiger partial charge is 0.311 e. The van der Waals surface area contributed by atoms with E-state index in [1.54, 1.807) is 11.8 Å². The lowest BCUT2D eigenvalue weighted by Crippen LogP contribution is -2.33. The molecule has 7 heteroatoms. The van der Waals surface area contributed by atoms with Crippen LogP contribution < -0.4 is 4.90 Å². The van der Waals surface area contributed by atoms with Gasteiger partial charge < -0.3 is 9.47 Å². The Labute approximate surface area is 168 Å². The van der Waals surface area contributed by atoms with Crippen molar-refractivity contribution in [1.82, 2.24) is 14.8 Å². The van der Waals surface area contributed by atoms with Gasteiger partial charge in [0.15, 0.2) is 5.16 Å². The second-order valence-corrected chi connectivity index (χ2v) is 10.2. The quantitative estimate of drug-likeness (QED) is 0.692. The Balaban J connectivity index is 1.33. The first-order chi connectivity index (χ1) is 13.2. The van der Waals surface area contributed by atoms with E-state index in [4.69, 9.17) is 0 Å². The van der Waals surface area contributed by atoms with Crippen LogP contribution in [0.15, 0.2) is 34.3 Å². The second-order valence-electron chi connectivity index (χ2n) is 7.74. The highest BCUT2D eigenvalue weighted by Crippen LogP contribution is 2.46. The minimum Gasteiger partial charge on any atom is -0.311 e. The molecule has 2 aliphatic carbocycles. The fourth-order valence-corrected chi connectivity index (χ4v) is 5.63. The Morgan fingerprint density at radius 1 is 1.19 bits per heavy atom. The van der Waals surface area contributed by atoms with Crippen molar-refractivity contribution in [1.29, 1.82) is 0 Å². The van der Waals surface area contributed by atoms with Crippen LogP contribution in [0.1, 0.15) is 56.8 Å². The number of nitrogens with zero attached hydrogens (tertiary/aromatic N) is 4. The van der Waals surface area contributed by atoms with Crippen molar-refractivity contribution in [3.8, 4) is 0 Å². The van der Waals surface area contributed by atoms with Crippen LogP contribution in [0.2, 0.25) is 0 Å². The lowest BCUT2D eigenvalue weighted by atomic mass is 10.2. The number of aromatic nitrogens is 3. The highest BCUT2D eigenvalue weighted by molar-refractivity contribution is 8.00. The predicted molar refractivity (Wildman–Crippen MR) is 110 cm³/mol. The highest BCUT2D eigenvalue weighted by atomic mass is 32.2. The van der Waals surface area contributed by atoms with Crippen molar-refractivity contribution in [3.63, 3.8) is 0 Å². The third-order valence-electron chi connectivity index (χ3n) is 5.41. The van der Waals surface area contributed by atoms with Crippen molar-refractivity contribution in [3.05, 3.63) is 30.1 Å². The Bertz CT molecular complexity index is 859. The molecule has 2 saturated carbocycles. The van der Waals surface area contributed by atoms with Crippen molar-refractivity contribution in [2.75, 3.05) is 17.2 Å². The molecular formula is C20H24N4OS2. The first kappa shape index (κ1) is 17.6. The molecule has 3 aliphatic rings. The van der Waals surface area contributed by atoms with E-state index in [0.29, 0.717) is 23.0 Å². The zero-order valence-electron chi connectivity index (χ0n) is 15.5. The van der Waals surface area contributed by atoms with Gasteiger partial charge in [0.25, 0.3) is 0 Å². The summed E-state index contributed by atoms with van der Waals surface area (Å²) in [5.74, 6) is 2.33. The van der Waals surface area contributed by atoms with E-state index in [1.807, 2.05) is 22.7 Å². The third kappa shape index (κ3) is 3.63. The molecule has 1 aromatic carbocycles. The maximum atomic E-state index is 13.1. The summed E-state index contributed by atoms with van der Waals surface area (Å²) in [7, 11) is 0. The average Bonchev–Trinajstić information content (AvgIpc) is 3.58. The summed E-state index contributed by atoms with van der Waals surface area (Å²) < 4.78 is 2.32. The smallest absolute Gasteiger partial charge is 0.237 e. The Hall–Kier alpha value is -1.47. The van der Waals surface area contributed by atoms with Crippen LogP contribution in [0.4, 0.5) is 5.69 Å². The number of carbonyl (C=O) groups excluding carboxylic acids is 1. The van der Waals surface area contributed by atoms with Gasteiger partial charge in [-0.15, -0.1) is 22.0 Å². The number of fused-ring (bicyclic) bond motifs is 1. The number of hydrogen-bond donors (Lipinski definition) is 0. The molecule has 27 heavy (non-hydrogen) atoms. The van der Waals surface area contributed by atoms with Gasteiger partial charge in [-0.05, 0) is 44.2 Å². The molecule has 1 amide bonds. The number of para-hydroxylation sites is 1. The molecule has 0 radical (unpaired) electrons. The highest BCUT2D eigenvalue weighted by Gasteiger charge is 2.36. The molecule has 2 heterocycles. The molecule has 0 N–H and O–H groups in total. The van der Waals surface area contributed by atoms with Gasteiger partial charge in [-0.3, -0.25) is 4.79 Å². The van der Waals surface area contributed by atoms with Gasteiger partial charge in [0.1, 0.15) is 5.82 Å². The summed E-state index contributed by atoms with van der Waals surface area (Å²) in [6.07, 6.45) is 5.91. The van der Waals surface area contributed by atoms with Crippen molar-refractivity contribution in [2.24, 2.45) is 0 Å². The molecule has 0 unspecified atom stereocenters. The van der Waals surface area contributed by atoms with Gasteiger partial charge in [-0.2, -0.15) is 0 Å². The van der Waals surface area contributed by atoms with Crippen LogP contribution in [-0.2, 0) is 4.79 Å². The Kier molecular flexibility index (Phi) is 4.68. The molecule has 1 aromatic heterocycles. The van der Waals surface area contributed by atoms with E-state index in [0.717, 1.165) is 29.6 Å². The molecule has 1 atom stereocenters. The summed E-state index contributed by atoms with van der Waals surface area (Å²) >= 11 is 3.43. The number of hydrogen-bond acceptors (Lipinski definition) is 5. The van der Waals surface area contributed by atoms with E-state index >= 15 is 0 Å². The number of anilines is 1. The molecular weight excluding hydrogens is 376 g/mol. The van der Waals surface area contributed by atoms with Crippen molar-refractivity contribution < 1.29 is 4.79 Å². The van der Waals surface area contributed by atoms with Crippen molar-refractivity contribution >= 4 is 35.1 Å². The van der Waals surface area contributed by atoms with Gasteiger partial charge in [-0.25, -0.2) is 0 Å². The number of thioether (sulfide) groups is 2. The molecule has 0 bridgehead atoms. The zero-order chi connectivity index (χ0) is 18.4. The van der Waals surface area contributed by atoms with Crippen LogP contribution in [-0.4, -0.2) is 38.2 Å². The van der Waals surface area contributed by atoms with Crippen LogP contribution in [0, 0.1) is 0 Å². The number of carbonyl (C=O) groups is 1. The fraction of sp³-hybridized carbons (Fsp3) is 0.550. The molecule has 1 aliphatic heterocycles. The minimum atomic E-state index is 0.167. The van der Waals surface area contributed by atoms with Gasteiger partial charge >= 0.3 is 0 Å². The first-order valence-electron chi connectivity index (χ1n) is 9.84. The Morgan fingerprint density at radius 3 is 2.78 bits per heavy atom. The molecule has 5 rings (SSSR count). The lowest BCUT2D eigenvalue weighted by molar-refractivity contribution is -0.116. The van der Waals surface area contributed by atoms with Crippen LogP contribution in [0.5, 0.6) is 0 Å². The number of rotatable bonds is 5. The summed E-state index contributed by atoms with van der Waals surface area (Å²) in [6.45, 7) is 3.02. The number of amides is 1. The molecule has 2 aromatic rings. The third-order valence-corrected chi connectivity index (χ3v) is 7.58. The lowest BCUT2D eigenvalue weighted by Gasteiger charge is -2.22. The van der Waals surface area contributed by atoms with Gasteiger partial charge in [0.2, 0.25) is 5.91 Å². The molecule has 0 saturated heterocycles. The van der Waals surface area contributed by atoms with E-state index < -0.39 is 0 Å². The van der Waals surface area contributed by atoms with Crippen LogP contribution in [0.3, 0.4) is 0 Å². The van der Waals surface area contributed by atoms with E-state index in [1.165, 1.54) is 30.6 Å². The molecule has 0 spiro atoms. The molecule has 5 nitrogen and oxygen atoms in total. The fourth-order valence-electron chi connectivity index (χ4n) is 3.63. The summed E-state index contributed by atoms with van der Waals surface area (Å²) in [5.41, 5.74) is 1.06. The molecule has 142 valence electrons. The predicted octanol–water partition coefficient (Wildman–Crippen LogP) is 4.50. The average molecular weight is 401 g/mol. The van der Waals surface area contributed by atoms with Crippen molar-refractivity contribution in [2.45, 2.75) is 66.3 Å². The van der Waals surface area contributed by atoms with Gasteiger partial charge in [-0.1, -0.05) is 30.8 Å². The van der Waals surface area contributed by atoms with Crippen LogP contribution in [0.25, 0.3) is 0 Å². The van der Waals surface area contributed by atoms with Gasteiger partial charge in [0.05, 0.1) is 11.4 Å².